The highest BCUT2D eigenvalue weighted by atomic mass is 16.8. The highest BCUT2D eigenvalue weighted by molar-refractivity contribution is 5.73. The Morgan fingerprint density at radius 2 is 1.67 bits per heavy atom. The van der Waals surface area contributed by atoms with E-state index in [1.165, 1.54) is 6.92 Å². The molecule has 0 radical (unpaired) electrons. The van der Waals surface area contributed by atoms with Gasteiger partial charge in [0.1, 0.15) is 23.9 Å². The van der Waals surface area contributed by atoms with E-state index >= 15 is 0 Å². The maximum absolute atomic E-state index is 14.3. The molecule has 18 atom stereocenters. The van der Waals surface area contributed by atoms with Crippen molar-refractivity contribution in [2.45, 2.75) is 191 Å². The molecular formula is C40H75N3O12. The number of esters is 1. The molecular weight excluding hydrogens is 714 g/mol. The van der Waals surface area contributed by atoms with Gasteiger partial charge in [-0.1, -0.05) is 27.7 Å². The van der Waals surface area contributed by atoms with Crippen LogP contribution >= 0.6 is 0 Å². The van der Waals surface area contributed by atoms with Crippen molar-refractivity contribution in [3.8, 4) is 0 Å². The monoisotopic (exact) mass is 790 g/mol. The van der Waals surface area contributed by atoms with Crippen molar-refractivity contribution in [3.63, 3.8) is 0 Å². The normalized spacial score (nSPS) is 49.1. The number of likely N-dealkylation sites (N-methyl/N-ethyl adjacent to an activating group) is 1. The van der Waals surface area contributed by atoms with Gasteiger partial charge in [-0.05, 0) is 100 Å². The molecule has 0 aromatic heterocycles. The molecule has 0 aromatic rings. The van der Waals surface area contributed by atoms with Gasteiger partial charge < -0.3 is 69.1 Å². The minimum atomic E-state index is -1.79. The summed E-state index contributed by atoms with van der Waals surface area (Å²) in [5.74, 6) is -3.51. The Kier molecular flexibility index (Phi) is 15.7. The van der Waals surface area contributed by atoms with Crippen molar-refractivity contribution in [3.05, 3.63) is 0 Å². The molecule has 15 nitrogen and oxygen atoms in total. The van der Waals surface area contributed by atoms with Gasteiger partial charge in [-0.15, -0.1) is 0 Å². The average molecular weight is 790 g/mol. The second-order valence-corrected chi connectivity index (χ2v) is 17.8. The van der Waals surface area contributed by atoms with Gasteiger partial charge >= 0.3 is 5.97 Å². The molecule has 4 heterocycles. The number of carbonyl (C=O) groups is 1. The van der Waals surface area contributed by atoms with Gasteiger partial charge in [0.25, 0.3) is 0 Å². The zero-order chi connectivity index (χ0) is 41.3. The zero-order valence-electron chi connectivity index (χ0n) is 35.7. The van der Waals surface area contributed by atoms with E-state index in [9.17, 15) is 25.2 Å². The molecule has 6 N–H and O–H groups in total. The van der Waals surface area contributed by atoms with E-state index in [0.29, 0.717) is 19.5 Å². The van der Waals surface area contributed by atoms with Crippen LogP contribution in [-0.4, -0.2) is 162 Å². The summed E-state index contributed by atoms with van der Waals surface area (Å²) in [4.78, 5) is 16.2. The summed E-state index contributed by atoms with van der Waals surface area (Å²) in [5.41, 5.74) is -4.06. The van der Waals surface area contributed by atoms with E-state index in [0.717, 1.165) is 13.0 Å². The summed E-state index contributed by atoms with van der Waals surface area (Å²) < 4.78 is 44.7. The Hall–Kier alpha value is -1.05. The number of epoxide rings is 1. The largest absolute Gasteiger partial charge is 0.459 e. The maximum atomic E-state index is 14.3. The lowest BCUT2D eigenvalue weighted by Gasteiger charge is -2.47. The maximum Gasteiger partial charge on any atom is 0.311 e. The molecule has 0 aliphatic carbocycles. The number of aliphatic hydroxyl groups excluding tert-OH is 2. The van der Waals surface area contributed by atoms with Gasteiger partial charge in [0.05, 0.1) is 42.4 Å². The number of fused-ring (bicyclic) bond motifs is 1. The van der Waals surface area contributed by atoms with E-state index < -0.39 is 95.6 Å². The molecule has 7 unspecified atom stereocenters. The van der Waals surface area contributed by atoms with Crippen molar-refractivity contribution in [1.29, 1.82) is 0 Å². The summed E-state index contributed by atoms with van der Waals surface area (Å²) in [5, 5.41) is 53.9. The molecule has 4 fully saturated rings. The van der Waals surface area contributed by atoms with Crippen LogP contribution in [0.25, 0.3) is 0 Å². The fourth-order valence-corrected chi connectivity index (χ4v) is 9.39. The number of nitrogens with zero attached hydrogens (tertiary/aromatic N) is 1. The molecule has 55 heavy (non-hydrogen) atoms. The quantitative estimate of drug-likeness (QED) is 0.101. The Bertz CT molecular complexity index is 1240. The smallest absolute Gasteiger partial charge is 0.311 e. The second kappa shape index (κ2) is 18.5. The number of nitrogens with one attached hydrogen (secondary N) is 2. The first kappa shape index (κ1) is 46.6. The van der Waals surface area contributed by atoms with Gasteiger partial charge in [0.2, 0.25) is 5.79 Å². The molecule has 0 spiro atoms. The van der Waals surface area contributed by atoms with Crippen LogP contribution in [0.1, 0.15) is 101 Å². The standard InChI is InChI=1S/C40H75N3O12/c1-14-16-41-21-39-27(8)51-30(19-40(39,49-13)55-39)53-32-24(5)34(54-36-31(44)28(43(11)12)17-23(4)50-36)37(9,47)18-22(3)20-42-26(7)33(45)38(10,48)29(15-2)52-35(46)25(32)6/h22-34,36,41-42,44-45,47-48H,14-21H2,1-13H3/t22-,23-,24+,25-,26-,27?,28?,29-,30?,31?,32+,33-,34-,36+,37?,38-,39?,40?/m1/s1. The molecule has 4 saturated heterocycles. The third-order valence-electron chi connectivity index (χ3n) is 12.8. The van der Waals surface area contributed by atoms with E-state index in [1.54, 1.807) is 34.8 Å². The lowest BCUT2D eigenvalue weighted by atomic mass is 9.77. The Balaban J connectivity index is 1.77. The lowest BCUT2D eigenvalue weighted by Crippen LogP contribution is -2.60. The SMILES string of the molecule is CCCNCC12OC1(OC)CC(O[C@H]1[C@H](C)[C@@H](O[C@@H]3O[C@H](C)CC(N(C)C)C3O)C(C)(O)C[C@@H](C)CN[C@H](C)[C@@H](O)[C@](C)(O)[C@@H](CC)OC(=O)[C@@H]1C)OC2C. The van der Waals surface area contributed by atoms with E-state index in [1.807, 2.05) is 46.7 Å². The van der Waals surface area contributed by atoms with Crippen molar-refractivity contribution in [2.75, 3.05) is 40.8 Å². The first-order valence-corrected chi connectivity index (χ1v) is 20.6. The summed E-state index contributed by atoms with van der Waals surface area (Å²) >= 11 is 0. The first-order valence-electron chi connectivity index (χ1n) is 20.6. The van der Waals surface area contributed by atoms with Crippen LogP contribution in [0.3, 0.4) is 0 Å². The Morgan fingerprint density at radius 3 is 2.27 bits per heavy atom. The van der Waals surface area contributed by atoms with Crippen molar-refractivity contribution in [2.24, 2.45) is 17.8 Å². The molecule has 0 bridgehead atoms. The van der Waals surface area contributed by atoms with Crippen LogP contribution in [-0.2, 0) is 38.0 Å². The van der Waals surface area contributed by atoms with Crippen molar-refractivity contribution < 1.29 is 58.4 Å². The van der Waals surface area contributed by atoms with Gasteiger partial charge in [0.15, 0.2) is 18.2 Å². The third kappa shape index (κ3) is 9.88. The van der Waals surface area contributed by atoms with Gasteiger partial charge in [-0.2, -0.15) is 0 Å². The third-order valence-corrected chi connectivity index (χ3v) is 12.8. The summed E-state index contributed by atoms with van der Waals surface area (Å²) in [6, 6.07) is -0.845. The van der Waals surface area contributed by atoms with Crippen LogP contribution in [0, 0.1) is 17.8 Å². The summed E-state index contributed by atoms with van der Waals surface area (Å²) in [6.07, 6.45) is -5.86. The lowest BCUT2D eigenvalue weighted by molar-refractivity contribution is -0.308. The van der Waals surface area contributed by atoms with E-state index in [4.69, 9.17) is 33.2 Å². The first-order chi connectivity index (χ1) is 25.6. The predicted molar refractivity (Wildman–Crippen MR) is 205 cm³/mol. The summed E-state index contributed by atoms with van der Waals surface area (Å²) in [6.45, 7) is 19.9. The van der Waals surface area contributed by atoms with Gasteiger partial charge in [-0.3, -0.25) is 4.79 Å². The molecule has 0 saturated carbocycles. The molecule has 4 aliphatic rings. The number of cyclic esters (lactones) is 1. The molecule has 4 aliphatic heterocycles. The van der Waals surface area contributed by atoms with Gasteiger partial charge in [0, 0.05) is 31.7 Å². The minimum Gasteiger partial charge on any atom is -0.459 e. The number of rotatable bonds is 11. The molecule has 15 heteroatoms. The van der Waals surface area contributed by atoms with Crippen LogP contribution in [0.4, 0.5) is 0 Å². The van der Waals surface area contributed by atoms with Crippen LogP contribution in [0.2, 0.25) is 0 Å². The number of carbonyl (C=O) groups excluding carboxylic acids is 1. The van der Waals surface area contributed by atoms with E-state index in [2.05, 4.69) is 17.6 Å². The number of aliphatic hydroxyl groups is 4. The Morgan fingerprint density at radius 1 is 1.00 bits per heavy atom. The second-order valence-electron chi connectivity index (χ2n) is 17.8. The van der Waals surface area contributed by atoms with Crippen molar-refractivity contribution in [1.82, 2.24) is 15.5 Å². The summed E-state index contributed by atoms with van der Waals surface area (Å²) in [7, 11) is 5.39. The molecule has 0 amide bonds. The highest BCUT2D eigenvalue weighted by Crippen LogP contribution is 2.58. The minimum absolute atomic E-state index is 0.147. The molecule has 4 rings (SSSR count). The van der Waals surface area contributed by atoms with Crippen molar-refractivity contribution >= 4 is 5.97 Å². The molecule has 0 aromatic carbocycles. The Labute approximate surface area is 329 Å². The topological polar surface area (TPSA) is 193 Å². The van der Waals surface area contributed by atoms with E-state index in [-0.39, 0.29) is 37.3 Å². The van der Waals surface area contributed by atoms with Crippen LogP contribution in [0.15, 0.2) is 0 Å². The van der Waals surface area contributed by atoms with Crippen LogP contribution in [0.5, 0.6) is 0 Å². The zero-order valence-corrected chi connectivity index (χ0v) is 35.7. The predicted octanol–water partition coefficient (Wildman–Crippen LogP) is 1.90. The fraction of sp³-hybridized carbons (Fsp3) is 0.975. The molecule has 322 valence electrons. The highest BCUT2D eigenvalue weighted by Gasteiger charge is 2.77. The number of methoxy groups -OCH3 is 1. The number of ether oxygens (including phenoxy) is 7. The number of hydrogen-bond acceptors (Lipinski definition) is 15. The van der Waals surface area contributed by atoms with Gasteiger partial charge in [-0.25, -0.2) is 0 Å². The number of hydrogen-bond donors (Lipinski definition) is 6. The average Bonchev–Trinajstić information content (AvgIpc) is 3.79. The fourth-order valence-electron chi connectivity index (χ4n) is 9.39. The van der Waals surface area contributed by atoms with Crippen LogP contribution < -0.4 is 10.6 Å².